The summed E-state index contributed by atoms with van der Waals surface area (Å²) >= 11 is 0. The molecule has 0 saturated carbocycles. The van der Waals surface area contributed by atoms with E-state index in [1.807, 2.05) is 26.0 Å². The molecule has 1 amide bonds. The molecule has 2 rings (SSSR count). The Bertz CT molecular complexity index is 454. The highest BCUT2D eigenvalue weighted by molar-refractivity contribution is 5.68. The maximum absolute atomic E-state index is 11.6. The number of rotatable bonds is 2. The number of benzene rings is 1. The molecule has 2 N–H and O–H groups in total. The lowest BCUT2D eigenvalue weighted by Gasteiger charge is -2.35. The summed E-state index contributed by atoms with van der Waals surface area (Å²) in [5.74, 6) is 0. The molecule has 5 heteroatoms. The first-order valence-electron chi connectivity index (χ1n) is 6.64. The predicted octanol–water partition coefficient (Wildman–Crippen LogP) is 1.86. The molecule has 1 aromatic rings. The van der Waals surface area contributed by atoms with Gasteiger partial charge in [-0.3, -0.25) is 0 Å². The van der Waals surface area contributed by atoms with Crippen LogP contribution in [0.25, 0.3) is 0 Å². The Hall–Kier alpha value is -1.91. The van der Waals surface area contributed by atoms with Crippen LogP contribution in [0.5, 0.6) is 0 Å². The van der Waals surface area contributed by atoms with E-state index in [4.69, 9.17) is 10.5 Å². The molecule has 1 aliphatic heterocycles. The van der Waals surface area contributed by atoms with Crippen molar-refractivity contribution in [2.75, 3.05) is 43.4 Å². The van der Waals surface area contributed by atoms with E-state index in [2.05, 4.69) is 11.0 Å². The SMILES string of the molecule is CCOC(=O)N1CCN(c2ccc(C)c(N)c2)CC1. The van der Waals surface area contributed by atoms with Gasteiger partial charge in [0, 0.05) is 37.6 Å². The third kappa shape index (κ3) is 3.10. The first kappa shape index (κ1) is 13.5. The highest BCUT2D eigenvalue weighted by atomic mass is 16.6. The van der Waals surface area contributed by atoms with E-state index in [-0.39, 0.29) is 6.09 Å². The van der Waals surface area contributed by atoms with E-state index in [1.165, 1.54) is 0 Å². The van der Waals surface area contributed by atoms with Gasteiger partial charge < -0.3 is 20.3 Å². The van der Waals surface area contributed by atoms with E-state index in [1.54, 1.807) is 4.90 Å². The summed E-state index contributed by atoms with van der Waals surface area (Å²) in [6.45, 7) is 7.23. The van der Waals surface area contributed by atoms with Crippen molar-refractivity contribution in [1.29, 1.82) is 0 Å². The highest BCUT2D eigenvalue weighted by Gasteiger charge is 2.22. The quantitative estimate of drug-likeness (QED) is 0.827. The standard InChI is InChI=1S/C14H21N3O2/c1-3-19-14(18)17-8-6-16(7-9-17)12-5-4-11(2)13(15)10-12/h4-5,10H,3,6-9,15H2,1-2H3. The number of anilines is 2. The molecular formula is C14H21N3O2. The Labute approximate surface area is 113 Å². The lowest BCUT2D eigenvalue weighted by atomic mass is 10.1. The second kappa shape index (κ2) is 5.82. The van der Waals surface area contributed by atoms with Crippen LogP contribution >= 0.6 is 0 Å². The van der Waals surface area contributed by atoms with Crippen LogP contribution < -0.4 is 10.6 Å². The van der Waals surface area contributed by atoms with E-state index < -0.39 is 0 Å². The van der Waals surface area contributed by atoms with Crippen molar-refractivity contribution in [1.82, 2.24) is 4.90 Å². The molecule has 0 spiro atoms. The molecule has 104 valence electrons. The van der Waals surface area contributed by atoms with Gasteiger partial charge in [-0.15, -0.1) is 0 Å². The average molecular weight is 263 g/mol. The maximum atomic E-state index is 11.6. The maximum Gasteiger partial charge on any atom is 0.409 e. The predicted molar refractivity (Wildman–Crippen MR) is 76.4 cm³/mol. The van der Waals surface area contributed by atoms with Gasteiger partial charge in [0.2, 0.25) is 0 Å². The number of nitrogens with zero attached hydrogens (tertiary/aromatic N) is 2. The van der Waals surface area contributed by atoms with E-state index in [0.717, 1.165) is 30.0 Å². The van der Waals surface area contributed by atoms with E-state index in [9.17, 15) is 4.79 Å². The van der Waals surface area contributed by atoms with Gasteiger partial charge in [-0.05, 0) is 31.5 Å². The van der Waals surface area contributed by atoms with Crippen molar-refractivity contribution in [3.05, 3.63) is 23.8 Å². The van der Waals surface area contributed by atoms with Crippen molar-refractivity contribution < 1.29 is 9.53 Å². The zero-order valence-electron chi connectivity index (χ0n) is 11.6. The minimum absolute atomic E-state index is 0.217. The topological polar surface area (TPSA) is 58.8 Å². The third-order valence-corrected chi connectivity index (χ3v) is 3.43. The summed E-state index contributed by atoms with van der Waals surface area (Å²) in [6.07, 6.45) is -0.217. The zero-order chi connectivity index (χ0) is 13.8. The van der Waals surface area contributed by atoms with Crippen molar-refractivity contribution in [3.8, 4) is 0 Å². The molecule has 0 aliphatic carbocycles. The fraction of sp³-hybridized carbons (Fsp3) is 0.500. The molecule has 5 nitrogen and oxygen atoms in total. The second-order valence-electron chi connectivity index (χ2n) is 4.71. The highest BCUT2D eigenvalue weighted by Crippen LogP contribution is 2.22. The van der Waals surface area contributed by atoms with Crippen LogP contribution in [0, 0.1) is 6.92 Å². The Morgan fingerprint density at radius 1 is 1.32 bits per heavy atom. The Morgan fingerprint density at radius 2 is 2.00 bits per heavy atom. The number of nitrogen functional groups attached to an aromatic ring is 1. The summed E-state index contributed by atoms with van der Waals surface area (Å²) < 4.78 is 5.01. The monoisotopic (exact) mass is 263 g/mol. The first-order valence-corrected chi connectivity index (χ1v) is 6.64. The number of piperazine rings is 1. The van der Waals surface area contributed by atoms with Gasteiger partial charge in [0.05, 0.1) is 6.61 Å². The summed E-state index contributed by atoms with van der Waals surface area (Å²) in [5, 5.41) is 0. The van der Waals surface area contributed by atoms with Gasteiger partial charge >= 0.3 is 6.09 Å². The smallest absolute Gasteiger partial charge is 0.409 e. The number of nitrogens with two attached hydrogens (primary N) is 1. The molecular weight excluding hydrogens is 242 g/mol. The van der Waals surface area contributed by atoms with Gasteiger partial charge in [0.15, 0.2) is 0 Å². The molecule has 1 aliphatic rings. The fourth-order valence-electron chi connectivity index (χ4n) is 2.19. The van der Waals surface area contributed by atoms with Crippen LogP contribution in [0.15, 0.2) is 18.2 Å². The Balaban J connectivity index is 1.96. The van der Waals surface area contributed by atoms with Crippen LogP contribution in [-0.4, -0.2) is 43.8 Å². The van der Waals surface area contributed by atoms with Gasteiger partial charge in [0.25, 0.3) is 0 Å². The zero-order valence-corrected chi connectivity index (χ0v) is 11.6. The molecule has 1 aromatic carbocycles. The fourth-order valence-corrected chi connectivity index (χ4v) is 2.19. The van der Waals surface area contributed by atoms with Crippen molar-refractivity contribution >= 4 is 17.5 Å². The molecule has 0 aromatic heterocycles. The number of carbonyl (C=O) groups is 1. The summed E-state index contributed by atoms with van der Waals surface area (Å²) in [7, 11) is 0. The number of hydrogen-bond acceptors (Lipinski definition) is 4. The molecule has 1 fully saturated rings. The number of carbonyl (C=O) groups excluding carboxylic acids is 1. The van der Waals surface area contributed by atoms with Gasteiger partial charge in [-0.1, -0.05) is 6.07 Å². The van der Waals surface area contributed by atoms with Crippen LogP contribution in [0.4, 0.5) is 16.2 Å². The number of aryl methyl sites for hydroxylation is 1. The lowest BCUT2D eigenvalue weighted by molar-refractivity contribution is 0.105. The minimum atomic E-state index is -0.217. The van der Waals surface area contributed by atoms with E-state index >= 15 is 0 Å². The number of amides is 1. The van der Waals surface area contributed by atoms with Gasteiger partial charge in [-0.2, -0.15) is 0 Å². The second-order valence-corrected chi connectivity index (χ2v) is 4.71. The third-order valence-electron chi connectivity index (χ3n) is 3.43. The Kier molecular flexibility index (Phi) is 4.14. The van der Waals surface area contributed by atoms with Crippen molar-refractivity contribution in [3.63, 3.8) is 0 Å². The molecule has 19 heavy (non-hydrogen) atoms. The summed E-state index contributed by atoms with van der Waals surface area (Å²) in [4.78, 5) is 15.6. The van der Waals surface area contributed by atoms with Crippen LogP contribution in [0.1, 0.15) is 12.5 Å². The van der Waals surface area contributed by atoms with Gasteiger partial charge in [0.1, 0.15) is 0 Å². The Morgan fingerprint density at radius 3 is 2.58 bits per heavy atom. The first-order chi connectivity index (χ1) is 9.11. The molecule has 0 atom stereocenters. The van der Waals surface area contributed by atoms with Crippen LogP contribution in [-0.2, 0) is 4.74 Å². The van der Waals surface area contributed by atoms with Crippen LogP contribution in [0.2, 0.25) is 0 Å². The molecule has 0 unspecified atom stereocenters. The summed E-state index contributed by atoms with van der Waals surface area (Å²) in [6, 6.07) is 6.10. The average Bonchev–Trinajstić information content (AvgIpc) is 2.42. The minimum Gasteiger partial charge on any atom is -0.450 e. The molecule has 1 heterocycles. The van der Waals surface area contributed by atoms with E-state index in [0.29, 0.717) is 19.7 Å². The van der Waals surface area contributed by atoms with Crippen molar-refractivity contribution in [2.45, 2.75) is 13.8 Å². The normalized spacial score (nSPS) is 15.5. The summed E-state index contributed by atoms with van der Waals surface area (Å²) in [5.41, 5.74) is 8.95. The molecule has 1 saturated heterocycles. The largest absolute Gasteiger partial charge is 0.450 e. The van der Waals surface area contributed by atoms with Gasteiger partial charge in [-0.25, -0.2) is 4.79 Å². The molecule has 0 radical (unpaired) electrons. The number of ether oxygens (including phenoxy) is 1. The van der Waals surface area contributed by atoms with Crippen molar-refractivity contribution in [2.24, 2.45) is 0 Å². The van der Waals surface area contributed by atoms with Crippen LogP contribution in [0.3, 0.4) is 0 Å². The number of hydrogen-bond donors (Lipinski definition) is 1. The lowest BCUT2D eigenvalue weighted by Crippen LogP contribution is -2.49. The molecule has 0 bridgehead atoms.